The van der Waals surface area contributed by atoms with Crippen molar-refractivity contribution in [2.75, 3.05) is 11.4 Å². The summed E-state index contributed by atoms with van der Waals surface area (Å²) in [6.07, 6.45) is 9.62. The van der Waals surface area contributed by atoms with E-state index in [2.05, 4.69) is 15.0 Å². The highest BCUT2D eigenvalue weighted by atomic mass is 16.4. The van der Waals surface area contributed by atoms with Gasteiger partial charge in [-0.15, -0.1) is 0 Å². The largest absolute Gasteiger partial charge is 0.409 e. The molecule has 1 aromatic heterocycles. The number of oxime groups is 1. The molecule has 5 heteroatoms. The minimum atomic E-state index is 0.144. The number of piperidine rings is 1. The van der Waals surface area contributed by atoms with E-state index in [1.165, 1.54) is 38.5 Å². The third kappa shape index (κ3) is 2.44. The van der Waals surface area contributed by atoms with Crippen molar-refractivity contribution in [2.45, 2.75) is 44.6 Å². The number of amidine groups is 1. The predicted octanol–water partition coefficient (Wildman–Crippen LogP) is 2.34. The molecule has 108 valence electrons. The minimum Gasteiger partial charge on any atom is -0.409 e. The number of aromatic nitrogens is 1. The van der Waals surface area contributed by atoms with Crippen molar-refractivity contribution in [2.24, 2.45) is 16.8 Å². The topological polar surface area (TPSA) is 74.7 Å². The van der Waals surface area contributed by atoms with Gasteiger partial charge in [0.1, 0.15) is 5.82 Å². The lowest BCUT2D eigenvalue weighted by Gasteiger charge is -2.44. The Balaban J connectivity index is 1.87. The molecule has 0 radical (unpaired) electrons. The van der Waals surface area contributed by atoms with Crippen LogP contribution in [0.1, 0.15) is 44.1 Å². The number of rotatable bonds is 2. The summed E-state index contributed by atoms with van der Waals surface area (Å²) in [6, 6.07) is 4.33. The first kappa shape index (κ1) is 13.2. The molecule has 1 saturated heterocycles. The van der Waals surface area contributed by atoms with Crippen LogP contribution >= 0.6 is 0 Å². The number of anilines is 1. The first-order valence-electron chi connectivity index (χ1n) is 7.50. The van der Waals surface area contributed by atoms with Gasteiger partial charge in [-0.05, 0) is 43.7 Å². The fourth-order valence-corrected chi connectivity index (χ4v) is 3.70. The molecule has 0 aromatic carbocycles. The van der Waals surface area contributed by atoms with Crippen molar-refractivity contribution in [3.05, 3.63) is 23.9 Å². The third-order valence-electron chi connectivity index (χ3n) is 4.69. The van der Waals surface area contributed by atoms with Crippen molar-refractivity contribution in [3.8, 4) is 0 Å². The Kier molecular flexibility index (Phi) is 3.76. The lowest BCUT2D eigenvalue weighted by atomic mass is 9.78. The summed E-state index contributed by atoms with van der Waals surface area (Å²) in [6.45, 7) is 1.06. The van der Waals surface area contributed by atoms with Crippen LogP contribution in [0.3, 0.4) is 0 Å². The highest BCUT2D eigenvalue weighted by Crippen LogP contribution is 2.37. The van der Waals surface area contributed by atoms with Gasteiger partial charge in [-0.1, -0.05) is 18.0 Å². The van der Waals surface area contributed by atoms with Crippen LogP contribution in [0.2, 0.25) is 0 Å². The predicted molar refractivity (Wildman–Crippen MR) is 79.1 cm³/mol. The second-order valence-corrected chi connectivity index (χ2v) is 5.84. The second kappa shape index (κ2) is 5.69. The second-order valence-electron chi connectivity index (χ2n) is 5.84. The SMILES string of the molecule is N/C(=N/O)c1ccnc(N2CCC[C@H]3CCCC[C@H]32)c1. The molecule has 2 heterocycles. The van der Waals surface area contributed by atoms with Crippen LogP contribution in [0.25, 0.3) is 0 Å². The van der Waals surface area contributed by atoms with Crippen LogP contribution < -0.4 is 10.6 Å². The van der Waals surface area contributed by atoms with E-state index in [0.29, 0.717) is 6.04 Å². The maximum Gasteiger partial charge on any atom is 0.170 e. The molecule has 1 saturated carbocycles. The van der Waals surface area contributed by atoms with Gasteiger partial charge in [-0.3, -0.25) is 0 Å². The molecule has 5 nitrogen and oxygen atoms in total. The lowest BCUT2D eigenvalue weighted by Crippen LogP contribution is -2.47. The summed E-state index contributed by atoms with van der Waals surface area (Å²) in [5.41, 5.74) is 6.41. The summed E-state index contributed by atoms with van der Waals surface area (Å²) in [5, 5.41) is 11.9. The summed E-state index contributed by atoms with van der Waals surface area (Å²) < 4.78 is 0. The molecule has 2 atom stereocenters. The van der Waals surface area contributed by atoms with Gasteiger partial charge in [0.15, 0.2) is 5.84 Å². The normalized spacial score (nSPS) is 27.2. The van der Waals surface area contributed by atoms with Gasteiger partial charge in [0.25, 0.3) is 0 Å². The van der Waals surface area contributed by atoms with E-state index in [1.54, 1.807) is 12.3 Å². The zero-order valence-corrected chi connectivity index (χ0v) is 11.7. The number of nitrogens with two attached hydrogens (primary N) is 1. The van der Waals surface area contributed by atoms with Crippen molar-refractivity contribution >= 4 is 11.7 Å². The molecule has 2 fully saturated rings. The van der Waals surface area contributed by atoms with Crippen LogP contribution in [-0.4, -0.2) is 28.6 Å². The van der Waals surface area contributed by atoms with Gasteiger partial charge in [-0.25, -0.2) is 4.98 Å². The van der Waals surface area contributed by atoms with Gasteiger partial charge in [0.05, 0.1) is 0 Å². The molecule has 0 bridgehead atoms. The summed E-state index contributed by atoms with van der Waals surface area (Å²) in [5.74, 6) is 1.92. The van der Waals surface area contributed by atoms with Crippen LogP contribution in [0.15, 0.2) is 23.5 Å². The number of nitrogens with zero attached hydrogens (tertiary/aromatic N) is 3. The Labute approximate surface area is 119 Å². The Hall–Kier alpha value is -1.78. The molecular weight excluding hydrogens is 252 g/mol. The molecule has 1 aliphatic heterocycles. The molecule has 0 amide bonds. The fourth-order valence-electron chi connectivity index (χ4n) is 3.70. The van der Waals surface area contributed by atoms with E-state index in [-0.39, 0.29) is 5.84 Å². The molecular formula is C15H22N4O. The smallest absolute Gasteiger partial charge is 0.170 e. The number of fused-ring (bicyclic) bond motifs is 1. The van der Waals surface area contributed by atoms with Crippen LogP contribution in [-0.2, 0) is 0 Å². The zero-order chi connectivity index (χ0) is 13.9. The van der Waals surface area contributed by atoms with Gasteiger partial charge < -0.3 is 15.8 Å². The Bertz CT molecular complexity index is 500. The first-order chi connectivity index (χ1) is 9.79. The van der Waals surface area contributed by atoms with Gasteiger partial charge in [0.2, 0.25) is 0 Å². The Morgan fingerprint density at radius 3 is 2.95 bits per heavy atom. The Morgan fingerprint density at radius 1 is 1.30 bits per heavy atom. The molecule has 0 unspecified atom stereocenters. The number of pyridine rings is 1. The van der Waals surface area contributed by atoms with Crippen molar-refractivity contribution in [3.63, 3.8) is 0 Å². The molecule has 20 heavy (non-hydrogen) atoms. The first-order valence-corrected chi connectivity index (χ1v) is 7.50. The average molecular weight is 274 g/mol. The molecule has 2 aliphatic rings. The van der Waals surface area contributed by atoms with Crippen molar-refractivity contribution < 1.29 is 5.21 Å². The van der Waals surface area contributed by atoms with Crippen LogP contribution in [0.4, 0.5) is 5.82 Å². The van der Waals surface area contributed by atoms with Crippen LogP contribution in [0, 0.1) is 5.92 Å². The molecule has 3 rings (SSSR count). The zero-order valence-electron chi connectivity index (χ0n) is 11.7. The molecule has 3 N–H and O–H groups in total. The number of hydrogen-bond acceptors (Lipinski definition) is 4. The maximum absolute atomic E-state index is 8.81. The van der Waals surface area contributed by atoms with Crippen LogP contribution in [0.5, 0.6) is 0 Å². The maximum atomic E-state index is 8.81. The monoisotopic (exact) mass is 274 g/mol. The Morgan fingerprint density at radius 2 is 2.10 bits per heavy atom. The fraction of sp³-hybridized carbons (Fsp3) is 0.600. The van der Waals surface area contributed by atoms with E-state index in [1.807, 2.05) is 6.07 Å². The lowest BCUT2D eigenvalue weighted by molar-refractivity contribution is 0.243. The van der Waals surface area contributed by atoms with E-state index in [0.717, 1.165) is 23.8 Å². The van der Waals surface area contributed by atoms with Gasteiger partial charge in [-0.2, -0.15) is 0 Å². The molecule has 1 aliphatic carbocycles. The summed E-state index contributed by atoms with van der Waals surface area (Å²) in [7, 11) is 0. The van der Waals surface area contributed by atoms with E-state index >= 15 is 0 Å². The van der Waals surface area contributed by atoms with Crippen molar-refractivity contribution in [1.82, 2.24) is 4.98 Å². The van der Waals surface area contributed by atoms with E-state index in [4.69, 9.17) is 10.9 Å². The quantitative estimate of drug-likeness (QED) is 0.376. The highest BCUT2D eigenvalue weighted by molar-refractivity contribution is 5.97. The van der Waals surface area contributed by atoms with Gasteiger partial charge >= 0.3 is 0 Å². The summed E-state index contributed by atoms with van der Waals surface area (Å²) in [4.78, 5) is 6.94. The van der Waals surface area contributed by atoms with Crippen molar-refractivity contribution in [1.29, 1.82) is 0 Å². The highest BCUT2D eigenvalue weighted by Gasteiger charge is 2.33. The van der Waals surface area contributed by atoms with E-state index < -0.39 is 0 Å². The van der Waals surface area contributed by atoms with Gasteiger partial charge in [0, 0.05) is 24.3 Å². The number of hydrogen-bond donors (Lipinski definition) is 2. The van der Waals surface area contributed by atoms with E-state index in [9.17, 15) is 0 Å². The average Bonchev–Trinajstić information content (AvgIpc) is 2.53. The molecule has 0 spiro atoms. The standard InChI is InChI=1S/C15H22N4O/c16-15(18-20)12-7-8-17-14(10-12)19-9-3-5-11-4-1-2-6-13(11)19/h7-8,10-11,13,20H,1-6,9H2,(H2,16,18)/t11-,13-/m1/s1. The molecule has 1 aromatic rings. The third-order valence-corrected chi connectivity index (χ3v) is 4.69. The summed E-state index contributed by atoms with van der Waals surface area (Å²) >= 11 is 0. The minimum absolute atomic E-state index is 0.144.